The fourth-order valence-corrected chi connectivity index (χ4v) is 3.90. The van der Waals surface area contributed by atoms with Gasteiger partial charge in [0, 0.05) is 18.9 Å². The van der Waals surface area contributed by atoms with Crippen LogP contribution in [0.1, 0.15) is 29.9 Å². The van der Waals surface area contributed by atoms with Crippen LogP contribution in [-0.4, -0.2) is 74.1 Å². The van der Waals surface area contributed by atoms with Crippen LogP contribution < -0.4 is 5.73 Å². The fraction of sp³-hybridized carbons (Fsp3) is 0.400. The van der Waals surface area contributed by atoms with Crippen molar-refractivity contribution in [1.82, 2.24) is 4.90 Å². The smallest absolute Gasteiger partial charge is 0.416 e. The van der Waals surface area contributed by atoms with E-state index in [1.807, 2.05) is 48.5 Å². The van der Waals surface area contributed by atoms with E-state index in [0.717, 1.165) is 27.2 Å². The predicted molar refractivity (Wildman–Crippen MR) is 124 cm³/mol. The summed E-state index contributed by atoms with van der Waals surface area (Å²) in [6, 6.07) is 15.9. The first-order valence-corrected chi connectivity index (χ1v) is 11.3. The first-order chi connectivity index (χ1) is 16.5. The van der Waals surface area contributed by atoms with Crippen LogP contribution in [0, 0.1) is 0 Å². The number of amides is 2. The summed E-state index contributed by atoms with van der Waals surface area (Å²) in [5, 5.41) is 8.90. The highest BCUT2D eigenvalue weighted by Gasteiger charge is 2.30. The quantitative estimate of drug-likeness (QED) is 0.428. The highest BCUT2D eigenvalue weighted by atomic mass is 16.6. The minimum atomic E-state index is -1.12. The van der Waals surface area contributed by atoms with Crippen LogP contribution in [-0.2, 0) is 23.8 Å². The lowest BCUT2D eigenvalue weighted by Crippen LogP contribution is -2.40. The minimum absolute atomic E-state index is 0.0496. The normalized spacial score (nSPS) is 12.1. The van der Waals surface area contributed by atoms with Crippen molar-refractivity contribution in [2.45, 2.75) is 18.8 Å². The number of rotatable bonds is 13. The van der Waals surface area contributed by atoms with E-state index in [2.05, 4.69) is 0 Å². The number of benzene rings is 2. The molecule has 0 heterocycles. The number of ether oxygens (including phenoxy) is 3. The summed E-state index contributed by atoms with van der Waals surface area (Å²) in [5.41, 5.74) is 9.65. The molecule has 2 amide bonds. The highest BCUT2D eigenvalue weighted by molar-refractivity contribution is 5.93. The molecule has 9 nitrogen and oxygen atoms in total. The molecule has 0 bridgehead atoms. The lowest BCUT2D eigenvalue weighted by Gasteiger charge is -2.22. The lowest BCUT2D eigenvalue weighted by molar-refractivity contribution is -0.140. The third-order valence-electron chi connectivity index (χ3n) is 5.50. The number of carboxylic acid groups (broad SMARTS) is 1. The molecule has 0 fully saturated rings. The molecule has 0 aromatic heterocycles. The van der Waals surface area contributed by atoms with Gasteiger partial charge in [-0.3, -0.25) is 9.59 Å². The van der Waals surface area contributed by atoms with E-state index in [1.165, 1.54) is 0 Å². The number of carbonyl (C=O) groups is 3. The maximum Gasteiger partial charge on any atom is 0.416 e. The molecule has 9 heteroatoms. The number of hydrogen-bond donors (Lipinski definition) is 2. The maximum atomic E-state index is 12.9. The molecular formula is C25H30N2O7. The van der Waals surface area contributed by atoms with Crippen molar-refractivity contribution in [2.75, 3.05) is 46.1 Å². The van der Waals surface area contributed by atoms with Crippen LogP contribution in [0.5, 0.6) is 0 Å². The Hall–Kier alpha value is -3.27. The van der Waals surface area contributed by atoms with Crippen molar-refractivity contribution in [3.63, 3.8) is 0 Å². The summed E-state index contributed by atoms with van der Waals surface area (Å²) in [7, 11) is 0. The number of carboxylic acids is 1. The van der Waals surface area contributed by atoms with Crippen LogP contribution in [0.15, 0.2) is 48.5 Å². The molecular weight excluding hydrogens is 440 g/mol. The van der Waals surface area contributed by atoms with Crippen molar-refractivity contribution in [1.29, 1.82) is 0 Å². The van der Waals surface area contributed by atoms with Gasteiger partial charge in [-0.1, -0.05) is 48.5 Å². The number of carbonyl (C=O) groups excluding carboxylic acids is 2. The van der Waals surface area contributed by atoms with E-state index >= 15 is 0 Å². The molecule has 3 rings (SSSR count). The zero-order chi connectivity index (χ0) is 24.3. The zero-order valence-corrected chi connectivity index (χ0v) is 19.0. The van der Waals surface area contributed by atoms with Gasteiger partial charge in [0.05, 0.1) is 39.4 Å². The number of fused-ring (bicyclic) bond motifs is 3. The van der Waals surface area contributed by atoms with Gasteiger partial charge in [0.2, 0.25) is 5.91 Å². The summed E-state index contributed by atoms with van der Waals surface area (Å²) in [6.07, 6.45) is -1.50. The third kappa shape index (κ3) is 6.63. The van der Waals surface area contributed by atoms with E-state index in [9.17, 15) is 14.4 Å². The Bertz CT molecular complexity index is 949. The van der Waals surface area contributed by atoms with Crippen LogP contribution in [0.2, 0.25) is 0 Å². The highest BCUT2D eigenvalue weighted by Crippen LogP contribution is 2.44. The average molecular weight is 471 g/mol. The van der Waals surface area contributed by atoms with Gasteiger partial charge in [0.25, 0.3) is 0 Å². The summed E-state index contributed by atoms with van der Waals surface area (Å²) in [6.45, 7) is 1.54. The Morgan fingerprint density at radius 3 is 2.03 bits per heavy atom. The van der Waals surface area contributed by atoms with Crippen LogP contribution in [0.25, 0.3) is 11.1 Å². The Morgan fingerprint density at radius 1 is 0.853 bits per heavy atom. The van der Waals surface area contributed by atoms with Crippen LogP contribution in [0.4, 0.5) is 4.79 Å². The van der Waals surface area contributed by atoms with Crippen molar-refractivity contribution < 1.29 is 33.7 Å². The molecule has 0 atom stereocenters. The van der Waals surface area contributed by atoms with Gasteiger partial charge in [0.1, 0.15) is 6.61 Å². The fourth-order valence-electron chi connectivity index (χ4n) is 3.90. The standard InChI is InChI=1S/C25H30N2O7/c26-11-13-32-15-16-33-14-12-27(23(28)9-10-24(29)30)25(31)34-17-22-20-7-3-1-5-18(20)19-6-2-4-8-21(19)22/h1-8,22H,9-17,26H2,(H,29,30). The summed E-state index contributed by atoms with van der Waals surface area (Å²) < 4.78 is 16.2. The third-order valence-corrected chi connectivity index (χ3v) is 5.50. The topological polar surface area (TPSA) is 128 Å². The minimum Gasteiger partial charge on any atom is -0.481 e. The molecule has 0 radical (unpaired) electrons. The molecule has 34 heavy (non-hydrogen) atoms. The number of imide groups is 1. The molecule has 0 saturated carbocycles. The first-order valence-electron chi connectivity index (χ1n) is 11.3. The van der Waals surface area contributed by atoms with Gasteiger partial charge < -0.3 is 25.1 Å². The number of aliphatic carboxylic acids is 1. The Kier molecular flexibility index (Phi) is 9.57. The van der Waals surface area contributed by atoms with Crippen LogP contribution >= 0.6 is 0 Å². The summed E-state index contributed by atoms with van der Waals surface area (Å²) in [5.74, 6) is -1.89. The second-order valence-electron chi connectivity index (χ2n) is 7.76. The lowest BCUT2D eigenvalue weighted by atomic mass is 9.98. The molecule has 1 aliphatic carbocycles. The molecule has 0 saturated heterocycles. The molecule has 182 valence electrons. The Labute approximate surface area is 198 Å². The van der Waals surface area contributed by atoms with Gasteiger partial charge in [-0.2, -0.15) is 0 Å². The molecule has 2 aromatic carbocycles. The van der Waals surface area contributed by atoms with E-state index in [4.69, 9.17) is 25.1 Å². The number of nitrogens with two attached hydrogens (primary N) is 1. The molecule has 2 aromatic rings. The molecule has 0 aliphatic heterocycles. The molecule has 0 spiro atoms. The molecule has 3 N–H and O–H groups in total. The second-order valence-corrected chi connectivity index (χ2v) is 7.76. The van der Waals surface area contributed by atoms with E-state index in [0.29, 0.717) is 19.8 Å². The van der Waals surface area contributed by atoms with Crippen molar-refractivity contribution in [2.24, 2.45) is 5.73 Å². The van der Waals surface area contributed by atoms with Gasteiger partial charge in [-0.25, -0.2) is 9.69 Å². The average Bonchev–Trinajstić information content (AvgIpc) is 3.16. The zero-order valence-electron chi connectivity index (χ0n) is 19.0. The van der Waals surface area contributed by atoms with Crippen molar-refractivity contribution >= 4 is 18.0 Å². The molecule has 0 unspecified atom stereocenters. The second kappa shape index (κ2) is 12.8. The monoisotopic (exact) mass is 470 g/mol. The van der Waals surface area contributed by atoms with E-state index < -0.39 is 18.0 Å². The van der Waals surface area contributed by atoms with Crippen molar-refractivity contribution in [3.8, 4) is 11.1 Å². The van der Waals surface area contributed by atoms with Crippen molar-refractivity contribution in [3.05, 3.63) is 59.7 Å². The van der Waals surface area contributed by atoms with E-state index in [1.54, 1.807) is 0 Å². The first kappa shape index (κ1) is 25.4. The Morgan fingerprint density at radius 2 is 1.44 bits per heavy atom. The predicted octanol–water partition coefficient (Wildman–Crippen LogP) is 2.62. The van der Waals surface area contributed by atoms with Gasteiger partial charge in [0.15, 0.2) is 0 Å². The maximum absolute atomic E-state index is 12.9. The van der Waals surface area contributed by atoms with Crippen LogP contribution in [0.3, 0.4) is 0 Å². The number of nitrogens with zero attached hydrogens (tertiary/aromatic N) is 1. The molecule has 1 aliphatic rings. The van der Waals surface area contributed by atoms with E-state index in [-0.39, 0.29) is 45.1 Å². The largest absolute Gasteiger partial charge is 0.481 e. The van der Waals surface area contributed by atoms with Gasteiger partial charge in [-0.15, -0.1) is 0 Å². The Balaban J connectivity index is 1.61. The summed E-state index contributed by atoms with van der Waals surface area (Å²) >= 11 is 0. The summed E-state index contributed by atoms with van der Waals surface area (Å²) in [4.78, 5) is 37.2. The SMILES string of the molecule is NCCOCCOCCN(C(=O)CCC(=O)O)C(=O)OCC1c2ccccc2-c2ccccc21. The number of hydrogen-bond acceptors (Lipinski definition) is 7. The van der Waals surface area contributed by atoms with Gasteiger partial charge >= 0.3 is 12.1 Å². The van der Waals surface area contributed by atoms with Gasteiger partial charge in [-0.05, 0) is 22.3 Å².